The van der Waals surface area contributed by atoms with Gasteiger partial charge in [-0.05, 0) is 12.1 Å². The molecule has 4 rings (SSSR count). The van der Waals surface area contributed by atoms with Crippen LogP contribution in [0.3, 0.4) is 0 Å². The Morgan fingerprint density at radius 2 is 1.88 bits per heavy atom. The van der Waals surface area contributed by atoms with Gasteiger partial charge in [-0.3, -0.25) is 4.98 Å². The summed E-state index contributed by atoms with van der Waals surface area (Å²) in [5.74, 6) is 0.258. The van der Waals surface area contributed by atoms with Gasteiger partial charge in [0.1, 0.15) is 0 Å². The molecule has 0 fully saturated rings. The lowest BCUT2D eigenvalue weighted by Gasteiger charge is -2.05. The number of nitrogen functional groups attached to an aromatic ring is 1. The number of anilines is 1. The zero-order chi connectivity index (χ0) is 17.9. The number of hydrogen-bond acceptors (Lipinski definition) is 5. The number of methoxy groups -OCH3 is 1. The van der Waals surface area contributed by atoms with Crippen LogP contribution in [0, 0.1) is 0 Å². The van der Waals surface area contributed by atoms with Crippen LogP contribution in [0.15, 0.2) is 61.1 Å². The van der Waals surface area contributed by atoms with Gasteiger partial charge in [-0.15, -0.1) is 0 Å². The maximum absolute atomic E-state index is 6.00. The molecule has 0 aliphatic carbocycles. The third kappa shape index (κ3) is 3.02. The minimum Gasteiger partial charge on any atom is -0.383 e. The van der Waals surface area contributed by atoms with Crippen LogP contribution in [-0.4, -0.2) is 33.2 Å². The Balaban J connectivity index is 1.87. The molecule has 2 N–H and O–H groups in total. The normalized spacial score (nSPS) is 11.1. The maximum Gasteiger partial charge on any atom is 0.221 e. The van der Waals surface area contributed by atoms with Crippen molar-refractivity contribution in [1.82, 2.24) is 19.5 Å². The van der Waals surface area contributed by atoms with Gasteiger partial charge in [0.05, 0.1) is 29.7 Å². The van der Waals surface area contributed by atoms with Gasteiger partial charge in [-0.25, -0.2) is 9.97 Å². The van der Waals surface area contributed by atoms with Crippen molar-refractivity contribution in [3.63, 3.8) is 0 Å². The maximum atomic E-state index is 6.00. The van der Waals surface area contributed by atoms with Crippen LogP contribution < -0.4 is 5.73 Å². The van der Waals surface area contributed by atoms with Crippen molar-refractivity contribution < 1.29 is 4.74 Å². The average Bonchev–Trinajstić information content (AvgIpc) is 3.05. The molecule has 0 saturated carbocycles. The van der Waals surface area contributed by atoms with E-state index in [0.717, 1.165) is 40.0 Å². The molecule has 0 unspecified atom stereocenters. The number of rotatable bonds is 5. The van der Waals surface area contributed by atoms with E-state index in [2.05, 4.69) is 25.7 Å². The summed E-state index contributed by atoms with van der Waals surface area (Å²) in [4.78, 5) is 13.1. The quantitative estimate of drug-likeness (QED) is 0.600. The first kappa shape index (κ1) is 16.2. The molecule has 130 valence electrons. The highest BCUT2D eigenvalue weighted by molar-refractivity contribution is 5.95. The van der Waals surface area contributed by atoms with E-state index in [4.69, 9.17) is 10.5 Å². The van der Waals surface area contributed by atoms with E-state index in [1.165, 1.54) is 0 Å². The Morgan fingerprint density at radius 1 is 1.08 bits per heavy atom. The van der Waals surface area contributed by atoms with E-state index in [9.17, 15) is 0 Å². The largest absolute Gasteiger partial charge is 0.383 e. The van der Waals surface area contributed by atoms with Gasteiger partial charge in [0, 0.05) is 42.6 Å². The molecule has 6 nitrogen and oxygen atoms in total. The Labute approximate surface area is 151 Å². The van der Waals surface area contributed by atoms with Crippen molar-refractivity contribution in [1.29, 1.82) is 0 Å². The second-order valence-electron chi connectivity index (χ2n) is 5.98. The molecule has 0 radical (unpaired) electrons. The Bertz CT molecular complexity index is 1040. The molecule has 3 aromatic heterocycles. The molecule has 0 spiro atoms. The summed E-state index contributed by atoms with van der Waals surface area (Å²) in [5.41, 5.74) is 10.7. The number of pyridine rings is 1. The summed E-state index contributed by atoms with van der Waals surface area (Å²) in [6, 6.07) is 13.9. The van der Waals surface area contributed by atoms with Crippen LogP contribution >= 0.6 is 0 Å². The van der Waals surface area contributed by atoms with Crippen LogP contribution in [0.2, 0.25) is 0 Å². The predicted molar refractivity (Wildman–Crippen MR) is 102 cm³/mol. The highest BCUT2D eigenvalue weighted by Crippen LogP contribution is 2.31. The third-order valence-electron chi connectivity index (χ3n) is 4.31. The van der Waals surface area contributed by atoms with Crippen LogP contribution in [0.4, 0.5) is 5.95 Å². The van der Waals surface area contributed by atoms with E-state index in [1.54, 1.807) is 13.3 Å². The molecule has 0 atom stereocenters. The van der Waals surface area contributed by atoms with Crippen molar-refractivity contribution in [2.24, 2.45) is 0 Å². The fourth-order valence-electron chi connectivity index (χ4n) is 3.08. The average molecular weight is 345 g/mol. The van der Waals surface area contributed by atoms with Gasteiger partial charge < -0.3 is 15.0 Å². The predicted octanol–water partition coefficient (Wildman–Crippen LogP) is 3.39. The van der Waals surface area contributed by atoms with Gasteiger partial charge in [-0.2, -0.15) is 0 Å². The Kier molecular flexibility index (Phi) is 4.33. The zero-order valence-electron chi connectivity index (χ0n) is 14.5. The second-order valence-corrected chi connectivity index (χ2v) is 5.98. The van der Waals surface area contributed by atoms with Crippen LogP contribution in [0.5, 0.6) is 0 Å². The van der Waals surface area contributed by atoms with E-state index < -0.39 is 0 Å². The number of nitrogens with zero attached hydrogens (tertiary/aromatic N) is 4. The fourth-order valence-corrected chi connectivity index (χ4v) is 3.08. The molecular formula is C20H19N5O. The minimum atomic E-state index is 0.258. The lowest BCUT2D eigenvalue weighted by Crippen LogP contribution is -2.02. The standard InChI is InChI=1S/C20H19N5O/c1-26-10-9-25-13-16(15-7-8-22-12-19(15)25)18-11-17(23-20(21)24-18)14-5-3-2-4-6-14/h2-8,11-13H,9-10H2,1H3,(H2,21,23,24). The third-order valence-corrected chi connectivity index (χ3v) is 4.31. The topological polar surface area (TPSA) is 78.9 Å². The lowest BCUT2D eigenvalue weighted by molar-refractivity contribution is 0.188. The molecule has 0 aliphatic rings. The number of aromatic nitrogens is 4. The summed E-state index contributed by atoms with van der Waals surface area (Å²) < 4.78 is 7.35. The monoisotopic (exact) mass is 345 g/mol. The van der Waals surface area contributed by atoms with Gasteiger partial charge in [0.15, 0.2) is 0 Å². The SMILES string of the molecule is COCCn1cc(-c2cc(-c3ccccc3)nc(N)n2)c2ccncc21. The number of ether oxygens (including phenoxy) is 1. The smallest absolute Gasteiger partial charge is 0.221 e. The Morgan fingerprint density at radius 3 is 2.69 bits per heavy atom. The van der Waals surface area contributed by atoms with E-state index in [0.29, 0.717) is 6.61 Å². The molecule has 4 aromatic rings. The molecule has 26 heavy (non-hydrogen) atoms. The number of benzene rings is 1. The number of hydrogen-bond donors (Lipinski definition) is 1. The van der Waals surface area contributed by atoms with Crippen LogP contribution in [-0.2, 0) is 11.3 Å². The second kappa shape index (κ2) is 6.93. The molecular weight excluding hydrogens is 326 g/mol. The van der Waals surface area contributed by atoms with Crippen molar-refractivity contribution in [2.45, 2.75) is 6.54 Å². The van der Waals surface area contributed by atoms with E-state index in [1.807, 2.05) is 48.7 Å². The highest BCUT2D eigenvalue weighted by atomic mass is 16.5. The first-order valence-corrected chi connectivity index (χ1v) is 8.38. The fraction of sp³-hybridized carbons (Fsp3) is 0.150. The first-order chi connectivity index (χ1) is 12.8. The molecule has 6 heteroatoms. The van der Waals surface area contributed by atoms with Crippen LogP contribution in [0.25, 0.3) is 33.4 Å². The van der Waals surface area contributed by atoms with E-state index in [-0.39, 0.29) is 5.95 Å². The first-order valence-electron chi connectivity index (χ1n) is 8.38. The molecule has 3 heterocycles. The van der Waals surface area contributed by atoms with Crippen molar-refractivity contribution in [2.75, 3.05) is 19.5 Å². The molecule has 0 amide bonds. The van der Waals surface area contributed by atoms with Crippen molar-refractivity contribution >= 4 is 16.9 Å². The number of fused-ring (bicyclic) bond motifs is 1. The van der Waals surface area contributed by atoms with Gasteiger partial charge in [-0.1, -0.05) is 30.3 Å². The van der Waals surface area contributed by atoms with Gasteiger partial charge in [0.2, 0.25) is 5.95 Å². The summed E-state index contributed by atoms with van der Waals surface area (Å²) >= 11 is 0. The molecule has 1 aromatic carbocycles. The summed E-state index contributed by atoms with van der Waals surface area (Å²) in [6.07, 6.45) is 5.72. The summed E-state index contributed by atoms with van der Waals surface area (Å²) in [5, 5.41) is 1.08. The van der Waals surface area contributed by atoms with Crippen LogP contribution in [0.1, 0.15) is 0 Å². The number of nitrogens with two attached hydrogens (primary N) is 1. The van der Waals surface area contributed by atoms with Crippen molar-refractivity contribution in [3.8, 4) is 22.5 Å². The minimum absolute atomic E-state index is 0.258. The summed E-state index contributed by atoms with van der Waals surface area (Å²) in [6.45, 7) is 1.37. The summed E-state index contributed by atoms with van der Waals surface area (Å²) in [7, 11) is 1.70. The van der Waals surface area contributed by atoms with E-state index >= 15 is 0 Å². The van der Waals surface area contributed by atoms with Gasteiger partial charge in [0.25, 0.3) is 0 Å². The zero-order valence-corrected chi connectivity index (χ0v) is 14.5. The highest BCUT2D eigenvalue weighted by Gasteiger charge is 2.14. The van der Waals surface area contributed by atoms with Gasteiger partial charge >= 0.3 is 0 Å². The lowest BCUT2D eigenvalue weighted by atomic mass is 10.1. The Hall–Kier alpha value is -3.25. The molecule has 0 saturated heterocycles. The molecule has 0 aliphatic heterocycles. The molecule has 0 bridgehead atoms. The van der Waals surface area contributed by atoms with Crippen molar-refractivity contribution in [3.05, 3.63) is 61.1 Å².